The molecule has 0 aliphatic rings. The highest BCUT2D eigenvalue weighted by Gasteiger charge is 2.14. The lowest BCUT2D eigenvalue weighted by molar-refractivity contribution is -0.138. The average Bonchev–Trinajstić information content (AvgIpc) is 1.64. The summed E-state index contributed by atoms with van der Waals surface area (Å²) in [6.45, 7) is 1.55. The number of nitrogens with two attached hydrogens (primary N) is 2. The first-order valence-corrected chi connectivity index (χ1v) is 2.29. The van der Waals surface area contributed by atoms with Crippen LogP contribution in [0.15, 0.2) is 0 Å². The predicted octanol–water partition coefficient (Wildman–Crippen LogP) is -1.25. The fourth-order valence-electron chi connectivity index (χ4n) is 0.225. The molecular formula is C4H10N2O2. The van der Waals surface area contributed by atoms with Gasteiger partial charge in [0.1, 0.15) is 6.04 Å². The highest BCUT2D eigenvalue weighted by atomic mass is 16.4. The molecule has 8 heavy (non-hydrogen) atoms. The molecule has 0 heterocycles. The first-order valence-electron chi connectivity index (χ1n) is 2.29. The Hall–Kier alpha value is -0.610. The number of carboxylic acids is 1. The van der Waals surface area contributed by atoms with E-state index in [9.17, 15) is 4.79 Å². The van der Waals surface area contributed by atoms with Crippen molar-refractivity contribution < 1.29 is 9.90 Å². The zero-order valence-corrected chi connectivity index (χ0v) is 4.66. The van der Waals surface area contributed by atoms with E-state index >= 15 is 0 Å². The maximum Gasteiger partial charge on any atom is 0.322 e. The number of carboxylic acid groups (broad SMARTS) is 1. The smallest absolute Gasteiger partial charge is 0.322 e. The van der Waals surface area contributed by atoms with Crippen molar-refractivity contribution in [1.29, 1.82) is 0 Å². The lowest BCUT2D eigenvalue weighted by atomic mass is 10.2. The van der Waals surface area contributed by atoms with Gasteiger partial charge in [-0.2, -0.15) is 0 Å². The zero-order chi connectivity index (χ0) is 6.73. The van der Waals surface area contributed by atoms with Crippen LogP contribution in [0.4, 0.5) is 0 Å². The molecule has 4 nitrogen and oxygen atoms in total. The molecule has 4 heteroatoms. The molecule has 0 spiro atoms. The van der Waals surface area contributed by atoms with Crippen LogP contribution in [0.5, 0.6) is 0 Å². The second-order valence-corrected chi connectivity index (χ2v) is 1.72. The molecule has 0 fully saturated rings. The fraction of sp³-hybridized carbons (Fsp3) is 0.750. The van der Waals surface area contributed by atoms with E-state index in [1.807, 2.05) is 0 Å². The fourth-order valence-corrected chi connectivity index (χ4v) is 0.225. The van der Waals surface area contributed by atoms with Crippen LogP contribution >= 0.6 is 0 Å². The first kappa shape index (κ1) is 7.39. The third-order valence-corrected chi connectivity index (χ3v) is 0.852. The first-order chi connectivity index (χ1) is 3.55. The Kier molecular flexibility index (Phi) is 2.44. The molecule has 0 saturated carbocycles. The van der Waals surface area contributed by atoms with Gasteiger partial charge in [-0.15, -0.1) is 0 Å². The number of hydrogen-bond acceptors (Lipinski definition) is 3. The van der Waals surface area contributed by atoms with Crippen LogP contribution in [0.1, 0.15) is 6.92 Å². The molecule has 48 valence electrons. The average molecular weight is 118 g/mol. The highest BCUT2D eigenvalue weighted by molar-refractivity contribution is 5.73. The van der Waals surface area contributed by atoms with E-state index in [-0.39, 0.29) is 0 Å². The van der Waals surface area contributed by atoms with Crippen molar-refractivity contribution in [3.05, 3.63) is 0 Å². The molecule has 0 saturated heterocycles. The minimum Gasteiger partial charge on any atom is -0.480 e. The van der Waals surface area contributed by atoms with Crippen LogP contribution in [-0.2, 0) is 4.79 Å². The van der Waals surface area contributed by atoms with E-state index in [1.54, 1.807) is 6.92 Å². The minimum absolute atomic E-state index is 0.479. The summed E-state index contributed by atoms with van der Waals surface area (Å²) in [5.74, 6) is -1.06. The van der Waals surface area contributed by atoms with Gasteiger partial charge in [0.05, 0.1) is 0 Å². The summed E-state index contributed by atoms with van der Waals surface area (Å²) in [6, 6.07) is -1.41. The summed E-state index contributed by atoms with van der Waals surface area (Å²) in [5, 5.41) is 8.15. The largest absolute Gasteiger partial charge is 0.480 e. The van der Waals surface area contributed by atoms with E-state index in [2.05, 4.69) is 0 Å². The minimum atomic E-state index is -1.06. The quantitative estimate of drug-likeness (QED) is 0.422. The molecule has 0 radical (unpaired) electrons. The van der Waals surface area contributed by atoms with Gasteiger partial charge < -0.3 is 16.6 Å². The van der Waals surface area contributed by atoms with Crippen LogP contribution in [0.2, 0.25) is 0 Å². The molecule has 1 unspecified atom stereocenters. The third-order valence-electron chi connectivity index (χ3n) is 0.852. The molecule has 0 rings (SSSR count). The van der Waals surface area contributed by atoms with Crippen molar-refractivity contribution in [3.8, 4) is 0 Å². The second kappa shape index (κ2) is 2.64. The Labute approximate surface area is 47.5 Å². The van der Waals surface area contributed by atoms with E-state index < -0.39 is 18.1 Å². The van der Waals surface area contributed by atoms with Gasteiger partial charge in [0.15, 0.2) is 0 Å². The number of hydrogen-bond donors (Lipinski definition) is 3. The van der Waals surface area contributed by atoms with Gasteiger partial charge in [-0.3, -0.25) is 4.79 Å². The van der Waals surface area contributed by atoms with Gasteiger partial charge in [0.2, 0.25) is 0 Å². The van der Waals surface area contributed by atoms with E-state index in [1.165, 1.54) is 0 Å². The normalized spacial score (nSPS) is 17.4. The van der Waals surface area contributed by atoms with Crippen LogP contribution < -0.4 is 11.5 Å². The maximum absolute atomic E-state index is 9.94. The summed E-state index contributed by atoms with van der Waals surface area (Å²) in [5.41, 5.74) is 10.2. The number of carbonyl (C=O) groups is 1. The third kappa shape index (κ3) is 1.90. The molecule has 5 N–H and O–H groups in total. The predicted molar refractivity (Wildman–Crippen MR) is 29.3 cm³/mol. The Bertz CT molecular complexity index is 92.0. The summed E-state index contributed by atoms with van der Waals surface area (Å²) >= 11 is 0. The van der Waals surface area contributed by atoms with Crippen molar-refractivity contribution in [2.45, 2.75) is 19.0 Å². The van der Waals surface area contributed by atoms with Gasteiger partial charge in [-0.05, 0) is 6.92 Å². The van der Waals surface area contributed by atoms with Crippen molar-refractivity contribution in [2.24, 2.45) is 11.5 Å². The Morgan fingerprint density at radius 3 is 2.00 bits per heavy atom. The monoisotopic (exact) mass is 118 g/mol. The molecule has 0 aromatic rings. The van der Waals surface area contributed by atoms with Crippen LogP contribution in [0.25, 0.3) is 0 Å². The molecule has 0 amide bonds. The zero-order valence-electron chi connectivity index (χ0n) is 4.66. The van der Waals surface area contributed by atoms with Gasteiger partial charge in [0, 0.05) is 6.04 Å². The van der Waals surface area contributed by atoms with Crippen LogP contribution in [0, 0.1) is 0 Å². The van der Waals surface area contributed by atoms with Gasteiger partial charge in [-0.1, -0.05) is 0 Å². The van der Waals surface area contributed by atoms with Gasteiger partial charge >= 0.3 is 5.97 Å². The van der Waals surface area contributed by atoms with Crippen LogP contribution in [-0.4, -0.2) is 23.2 Å². The lowest BCUT2D eigenvalue weighted by Crippen LogP contribution is -2.44. The molecule has 2 atom stereocenters. The van der Waals surface area contributed by atoms with Crippen molar-refractivity contribution in [3.63, 3.8) is 0 Å². The van der Waals surface area contributed by atoms with Crippen molar-refractivity contribution >= 4 is 5.97 Å². The number of rotatable bonds is 2. The number of aliphatic carboxylic acids is 1. The summed E-state index contributed by atoms with van der Waals surface area (Å²) in [6.07, 6.45) is 0. The summed E-state index contributed by atoms with van der Waals surface area (Å²) in [4.78, 5) is 9.94. The van der Waals surface area contributed by atoms with Gasteiger partial charge in [0.25, 0.3) is 0 Å². The molecule has 0 aromatic carbocycles. The topological polar surface area (TPSA) is 89.3 Å². The molecule has 0 aliphatic carbocycles. The highest BCUT2D eigenvalue weighted by Crippen LogP contribution is 1.82. The van der Waals surface area contributed by atoms with Crippen molar-refractivity contribution in [1.82, 2.24) is 0 Å². The SMILES string of the molecule is CC(N)[C@@H](N)C(=O)O. The maximum atomic E-state index is 9.94. The van der Waals surface area contributed by atoms with Crippen molar-refractivity contribution in [2.75, 3.05) is 0 Å². The summed E-state index contributed by atoms with van der Waals surface area (Å²) < 4.78 is 0. The Morgan fingerprint density at radius 2 is 2.00 bits per heavy atom. The molecule has 0 aromatic heterocycles. The second-order valence-electron chi connectivity index (χ2n) is 1.72. The molecular weight excluding hydrogens is 108 g/mol. The lowest BCUT2D eigenvalue weighted by Gasteiger charge is -2.08. The van der Waals surface area contributed by atoms with Crippen LogP contribution in [0.3, 0.4) is 0 Å². The molecule has 0 bridgehead atoms. The Morgan fingerprint density at radius 1 is 1.62 bits per heavy atom. The van der Waals surface area contributed by atoms with Gasteiger partial charge in [-0.25, -0.2) is 0 Å². The standard InChI is InChI=1S/C4H10N2O2/c1-2(5)3(6)4(7)8/h2-3H,5-6H2,1H3,(H,7,8)/t2?,3-/m1/s1. The van der Waals surface area contributed by atoms with E-state index in [4.69, 9.17) is 16.6 Å². The Balaban J connectivity index is 3.64. The van der Waals surface area contributed by atoms with E-state index in [0.29, 0.717) is 0 Å². The molecule has 0 aliphatic heterocycles. The summed E-state index contributed by atoms with van der Waals surface area (Å²) in [7, 11) is 0. The van der Waals surface area contributed by atoms with E-state index in [0.717, 1.165) is 0 Å².